The first-order chi connectivity index (χ1) is 11.6. The van der Waals surface area contributed by atoms with Crippen molar-refractivity contribution in [3.05, 3.63) is 60.8 Å². The molecule has 0 aliphatic carbocycles. The van der Waals surface area contributed by atoms with Crippen molar-refractivity contribution in [1.29, 1.82) is 0 Å². The van der Waals surface area contributed by atoms with E-state index in [0.29, 0.717) is 19.3 Å². The molecular weight excluding hydrogens is 304 g/mol. The number of aliphatic carboxylic acids is 1. The summed E-state index contributed by atoms with van der Waals surface area (Å²) in [7, 11) is 0. The van der Waals surface area contributed by atoms with E-state index in [1.165, 1.54) is 0 Å². The largest absolute Gasteiger partial charge is 0.481 e. The van der Waals surface area contributed by atoms with Crippen molar-refractivity contribution in [3.8, 4) is 0 Å². The molecular formula is C20H30O4. The van der Waals surface area contributed by atoms with Gasteiger partial charge in [0.05, 0.1) is 12.2 Å². The lowest BCUT2D eigenvalue weighted by atomic mass is 10.1. The second-order valence-electron chi connectivity index (χ2n) is 5.46. The zero-order valence-corrected chi connectivity index (χ0v) is 14.4. The number of rotatable bonds is 13. The number of aliphatic hydroxyl groups is 2. The highest BCUT2D eigenvalue weighted by atomic mass is 16.4. The fraction of sp³-hybridized carbons (Fsp3) is 0.450. The van der Waals surface area contributed by atoms with Crippen molar-refractivity contribution in [2.75, 3.05) is 0 Å². The van der Waals surface area contributed by atoms with Gasteiger partial charge in [-0.1, -0.05) is 74.1 Å². The lowest BCUT2D eigenvalue weighted by Crippen LogP contribution is -2.03. The third kappa shape index (κ3) is 16.5. The van der Waals surface area contributed by atoms with Crippen LogP contribution in [0.25, 0.3) is 0 Å². The van der Waals surface area contributed by atoms with Crippen LogP contribution in [0.15, 0.2) is 60.8 Å². The molecule has 0 aliphatic rings. The second-order valence-corrected chi connectivity index (χ2v) is 5.46. The molecule has 0 rings (SSSR count). The Morgan fingerprint density at radius 3 is 2.17 bits per heavy atom. The fourth-order valence-corrected chi connectivity index (χ4v) is 1.79. The lowest BCUT2D eigenvalue weighted by Gasteiger charge is -2.02. The summed E-state index contributed by atoms with van der Waals surface area (Å²) in [5.74, 6) is -0.846. The van der Waals surface area contributed by atoms with E-state index in [2.05, 4.69) is 13.0 Å². The molecule has 2 unspecified atom stereocenters. The van der Waals surface area contributed by atoms with Gasteiger partial charge in [0.2, 0.25) is 0 Å². The highest BCUT2D eigenvalue weighted by molar-refractivity contribution is 5.66. The smallest absolute Gasteiger partial charge is 0.303 e. The van der Waals surface area contributed by atoms with E-state index in [-0.39, 0.29) is 6.42 Å². The zero-order valence-electron chi connectivity index (χ0n) is 14.4. The van der Waals surface area contributed by atoms with E-state index in [9.17, 15) is 15.0 Å². The zero-order chi connectivity index (χ0) is 18.0. The van der Waals surface area contributed by atoms with Gasteiger partial charge in [0.25, 0.3) is 0 Å². The number of carboxylic acids is 1. The van der Waals surface area contributed by atoms with Crippen LogP contribution in [0.5, 0.6) is 0 Å². The van der Waals surface area contributed by atoms with Crippen LogP contribution in [-0.4, -0.2) is 33.5 Å². The number of carbonyl (C=O) groups is 1. The second kappa shape index (κ2) is 16.0. The van der Waals surface area contributed by atoms with Gasteiger partial charge in [-0.25, -0.2) is 0 Å². The predicted octanol–water partition coefficient (Wildman–Crippen LogP) is 3.93. The highest BCUT2D eigenvalue weighted by Gasteiger charge is 2.01. The van der Waals surface area contributed by atoms with Crippen molar-refractivity contribution >= 4 is 5.97 Å². The summed E-state index contributed by atoms with van der Waals surface area (Å²) in [6.45, 7) is 2.13. The van der Waals surface area contributed by atoms with E-state index in [0.717, 1.165) is 12.8 Å². The van der Waals surface area contributed by atoms with Crippen molar-refractivity contribution in [2.24, 2.45) is 0 Å². The van der Waals surface area contributed by atoms with Crippen LogP contribution in [0.4, 0.5) is 0 Å². The molecule has 0 aromatic heterocycles. The molecule has 0 bridgehead atoms. The molecule has 0 heterocycles. The van der Waals surface area contributed by atoms with Crippen LogP contribution in [0.2, 0.25) is 0 Å². The SMILES string of the molecule is CCCC=CC=CCC(O)C=CC=CC=CC(O)CCCC(=O)O. The Morgan fingerprint density at radius 1 is 0.917 bits per heavy atom. The van der Waals surface area contributed by atoms with Gasteiger partial charge in [-0.05, 0) is 25.7 Å². The summed E-state index contributed by atoms with van der Waals surface area (Å²) in [5, 5.41) is 27.8. The first kappa shape index (κ1) is 22.1. The number of hydrogen-bond acceptors (Lipinski definition) is 3. The van der Waals surface area contributed by atoms with Crippen LogP contribution in [0.1, 0.15) is 45.4 Å². The number of hydrogen-bond donors (Lipinski definition) is 3. The molecule has 24 heavy (non-hydrogen) atoms. The van der Waals surface area contributed by atoms with Crippen LogP contribution >= 0.6 is 0 Å². The van der Waals surface area contributed by atoms with Crippen molar-refractivity contribution in [2.45, 2.75) is 57.7 Å². The topological polar surface area (TPSA) is 77.8 Å². The van der Waals surface area contributed by atoms with Crippen LogP contribution in [-0.2, 0) is 4.79 Å². The molecule has 0 aromatic carbocycles. The Labute approximate surface area is 145 Å². The standard InChI is InChI=1S/C20H30O4/c1-2-3-4-5-6-9-13-18(21)14-10-7-8-11-15-19(22)16-12-17-20(23)24/h4-11,14-15,18-19,21-22H,2-3,12-13,16-17H2,1H3,(H,23,24). The molecule has 0 radical (unpaired) electrons. The summed E-state index contributed by atoms with van der Waals surface area (Å²) < 4.78 is 0. The molecule has 0 aliphatic heterocycles. The molecule has 4 nitrogen and oxygen atoms in total. The molecule has 0 spiro atoms. The van der Waals surface area contributed by atoms with Gasteiger partial charge in [-0.2, -0.15) is 0 Å². The highest BCUT2D eigenvalue weighted by Crippen LogP contribution is 2.02. The molecule has 0 fully saturated rings. The average Bonchev–Trinajstić information content (AvgIpc) is 2.53. The van der Waals surface area contributed by atoms with Crippen LogP contribution < -0.4 is 0 Å². The van der Waals surface area contributed by atoms with Gasteiger partial charge in [-0.3, -0.25) is 4.79 Å². The third-order valence-corrected chi connectivity index (χ3v) is 3.11. The van der Waals surface area contributed by atoms with Gasteiger partial charge in [0.15, 0.2) is 0 Å². The lowest BCUT2D eigenvalue weighted by molar-refractivity contribution is -0.137. The first-order valence-electron chi connectivity index (χ1n) is 8.47. The Balaban J connectivity index is 3.89. The summed E-state index contributed by atoms with van der Waals surface area (Å²) in [5.41, 5.74) is 0. The fourth-order valence-electron chi connectivity index (χ4n) is 1.79. The molecule has 4 heteroatoms. The molecule has 3 N–H and O–H groups in total. The summed E-state index contributed by atoms with van der Waals surface area (Å²) in [6.07, 6.45) is 20.9. The van der Waals surface area contributed by atoms with Crippen molar-refractivity contribution in [3.63, 3.8) is 0 Å². The number of unbranched alkanes of at least 4 members (excludes halogenated alkanes) is 1. The van der Waals surface area contributed by atoms with Gasteiger partial charge in [0.1, 0.15) is 0 Å². The van der Waals surface area contributed by atoms with Crippen molar-refractivity contribution < 1.29 is 20.1 Å². The number of carboxylic acid groups (broad SMARTS) is 1. The molecule has 0 saturated carbocycles. The van der Waals surface area contributed by atoms with E-state index in [4.69, 9.17) is 5.11 Å². The molecule has 0 saturated heterocycles. The minimum Gasteiger partial charge on any atom is -0.481 e. The molecule has 2 atom stereocenters. The monoisotopic (exact) mass is 334 g/mol. The van der Waals surface area contributed by atoms with Crippen LogP contribution in [0.3, 0.4) is 0 Å². The average molecular weight is 334 g/mol. The molecule has 134 valence electrons. The van der Waals surface area contributed by atoms with E-state index < -0.39 is 18.2 Å². The minimum absolute atomic E-state index is 0.0736. The van der Waals surface area contributed by atoms with Gasteiger partial charge >= 0.3 is 5.97 Å². The predicted molar refractivity (Wildman–Crippen MR) is 98.7 cm³/mol. The Bertz CT molecular complexity index is 458. The summed E-state index contributed by atoms with van der Waals surface area (Å²) in [4.78, 5) is 10.3. The molecule has 0 amide bonds. The maximum absolute atomic E-state index is 10.3. The number of aliphatic hydroxyl groups excluding tert-OH is 2. The van der Waals surface area contributed by atoms with Crippen LogP contribution in [0, 0.1) is 0 Å². The van der Waals surface area contributed by atoms with E-state index in [1.54, 1.807) is 36.5 Å². The van der Waals surface area contributed by atoms with Gasteiger partial charge in [-0.15, -0.1) is 0 Å². The molecule has 0 aromatic rings. The third-order valence-electron chi connectivity index (χ3n) is 3.11. The Kier molecular flexibility index (Phi) is 14.7. The van der Waals surface area contributed by atoms with Crippen molar-refractivity contribution in [1.82, 2.24) is 0 Å². The minimum atomic E-state index is -0.846. The quantitative estimate of drug-likeness (QED) is 0.446. The maximum atomic E-state index is 10.3. The Morgan fingerprint density at radius 2 is 1.54 bits per heavy atom. The Hall–Kier alpha value is -1.91. The van der Waals surface area contributed by atoms with E-state index >= 15 is 0 Å². The van der Waals surface area contributed by atoms with E-state index in [1.807, 2.05) is 18.2 Å². The summed E-state index contributed by atoms with van der Waals surface area (Å²) >= 11 is 0. The van der Waals surface area contributed by atoms with Gasteiger partial charge in [0, 0.05) is 6.42 Å². The normalized spacial score (nSPS) is 15.5. The summed E-state index contributed by atoms with van der Waals surface area (Å²) in [6, 6.07) is 0. The number of allylic oxidation sites excluding steroid dienone is 7. The van der Waals surface area contributed by atoms with Gasteiger partial charge < -0.3 is 15.3 Å². The maximum Gasteiger partial charge on any atom is 0.303 e. The first-order valence-corrected chi connectivity index (χ1v) is 8.47.